The lowest BCUT2D eigenvalue weighted by Crippen LogP contribution is -2.28. The van der Waals surface area contributed by atoms with Crippen LogP contribution in [0.15, 0.2) is 34.9 Å². The van der Waals surface area contributed by atoms with Crippen molar-refractivity contribution in [2.45, 2.75) is 5.51 Å². The molecule has 7 nitrogen and oxygen atoms in total. The maximum absolute atomic E-state index is 12.7. The molecule has 0 radical (unpaired) electrons. The van der Waals surface area contributed by atoms with Crippen molar-refractivity contribution in [3.63, 3.8) is 0 Å². The molecule has 0 fully saturated rings. The lowest BCUT2D eigenvalue weighted by atomic mass is 10.1. The highest BCUT2D eigenvalue weighted by molar-refractivity contribution is 7.88. The molecule has 0 spiro atoms. The van der Waals surface area contributed by atoms with Gasteiger partial charge in [-0.1, -0.05) is 0 Å². The Bertz CT molecular complexity index is 842. The summed E-state index contributed by atoms with van der Waals surface area (Å²) >= 11 is 0. The Kier molecular flexibility index (Phi) is 5.38. The van der Waals surface area contributed by atoms with Crippen LogP contribution in [0.4, 0.5) is 13.2 Å². The topological polar surface area (TPSA) is 92.0 Å². The fourth-order valence-electron chi connectivity index (χ4n) is 1.82. The van der Waals surface area contributed by atoms with E-state index in [1.165, 1.54) is 31.6 Å². The van der Waals surface area contributed by atoms with E-state index in [2.05, 4.69) is 4.18 Å². The van der Waals surface area contributed by atoms with Crippen LogP contribution in [-0.2, 0) is 14.9 Å². The molecule has 0 atom stereocenters. The van der Waals surface area contributed by atoms with Crippen LogP contribution in [0.2, 0.25) is 0 Å². The summed E-state index contributed by atoms with van der Waals surface area (Å²) in [6.07, 6.45) is 1.35. The van der Waals surface area contributed by atoms with Crippen LogP contribution in [0.1, 0.15) is 10.4 Å². The summed E-state index contributed by atoms with van der Waals surface area (Å²) in [7, 11) is -4.72. The molecule has 11 heteroatoms. The maximum Gasteiger partial charge on any atom is 0.534 e. The second-order valence-corrected chi connectivity index (χ2v) is 6.02. The van der Waals surface area contributed by atoms with Crippen LogP contribution >= 0.6 is 0 Å². The van der Waals surface area contributed by atoms with Gasteiger partial charge in [0.05, 0.1) is 11.8 Å². The van der Waals surface area contributed by atoms with Gasteiger partial charge in [-0.25, -0.2) is 0 Å². The number of ether oxygens (including phenoxy) is 2. The zero-order chi connectivity index (χ0) is 18.7. The van der Waals surface area contributed by atoms with Crippen molar-refractivity contribution in [3.8, 4) is 22.8 Å². The van der Waals surface area contributed by atoms with E-state index in [9.17, 15) is 26.4 Å². The van der Waals surface area contributed by atoms with Gasteiger partial charge in [-0.05, 0) is 24.3 Å². The highest BCUT2D eigenvalue weighted by Gasteiger charge is 2.49. The molecule has 25 heavy (non-hydrogen) atoms. The van der Waals surface area contributed by atoms with Gasteiger partial charge in [-0.2, -0.15) is 21.6 Å². The predicted octanol–water partition coefficient (Wildman–Crippen LogP) is 2.97. The van der Waals surface area contributed by atoms with Crippen molar-refractivity contribution < 1.29 is 44.5 Å². The molecular formula is C14H11F3O7S. The molecule has 136 valence electrons. The second kappa shape index (κ2) is 7.15. The van der Waals surface area contributed by atoms with E-state index in [1.807, 2.05) is 0 Å². The third-order valence-corrected chi connectivity index (χ3v) is 3.81. The van der Waals surface area contributed by atoms with Crippen LogP contribution in [-0.4, -0.2) is 34.1 Å². The Morgan fingerprint density at radius 3 is 2.48 bits per heavy atom. The Hall–Kier alpha value is -2.53. The first-order valence-corrected chi connectivity index (χ1v) is 7.90. The summed E-state index contributed by atoms with van der Waals surface area (Å²) in [6, 6.07) is 5.03. The smallest absolute Gasteiger partial charge is 0.467 e. The summed E-state index contributed by atoms with van der Waals surface area (Å²) < 4.78 is 79.9. The van der Waals surface area contributed by atoms with Gasteiger partial charge in [0.15, 0.2) is 18.8 Å². The van der Waals surface area contributed by atoms with Gasteiger partial charge < -0.3 is 18.1 Å². The average Bonchev–Trinajstić information content (AvgIpc) is 3.05. The molecule has 0 saturated heterocycles. The van der Waals surface area contributed by atoms with Gasteiger partial charge in [-0.15, -0.1) is 0 Å². The van der Waals surface area contributed by atoms with Gasteiger partial charge in [-0.3, -0.25) is 4.79 Å². The van der Waals surface area contributed by atoms with Gasteiger partial charge >= 0.3 is 15.6 Å². The molecule has 0 unspecified atom stereocenters. The van der Waals surface area contributed by atoms with Crippen LogP contribution in [0.5, 0.6) is 11.5 Å². The van der Waals surface area contributed by atoms with Crippen molar-refractivity contribution in [3.05, 3.63) is 36.1 Å². The monoisotopic (exact) mass is 380 g/mol. The van der Waals surface area contributed by atoms with E-state index in [0.717, 1.165) is 6.07 Å². The number of benzene rings is 1. The first kappa shape index (κ1) is 18.8. The number of halogens is 3. The Balaban J connectivity index is 2.69. The molecule has 0 aliphatic rings. The van der Waals surface area contributed by atoms with Gasteiger partial charge in [0.25, 0.3) is 0 Å². The van der Waals surface area contributed by atoms with E-state index in [-0.39, 0.29) is 30.2 Å². The van der Waals surface area contributed by atoms with E-state index >= 15 is 0 Å². The molecule has 0 aliphatic carbocycles. The lowest BCUT2D eigenvalue weighted by molar-refractivity contribution is -0.0500. The Morgan fingerprint density at radius 2 is 1.96 bits per heavy atom. The molecule has 1 heterocycles. The SMILES string of the molecule is COCOc1ccc(C=O)c(OS(=O)(=O)C(F)(F)F)c1-c1ccco1. The first-order chi connectivity index (χ1) is 11.7. The molecule has 2 rings (SSSR count). The quantitative estimate of drug-likeness (QED) is 0.316. The number of aldehydes is 1. The molecule has 0 saturated carbocycles. The Morgan fingerprint density at radius 1 is 1.24 bits per heavy atom. The van der Waals surface area contributed by atoms with Gasteiger partial charge in [0.2, 0.25) is 0 Å². The molecule has 0 aliphatic heterocycles. The van der Waals surface area contributed by atoms with E-state index in [1.54, 1.807) is 0 Å². The highest BCUT2D eigenvalue weighted by atomic mass is 32.2. The van der Waals surface area contributed by atoms with Crippen molar-refractivity contribution in [2.75, 3.05) is 13.9 Å². The predicted molar refractivity (Wildman–Crippen MR) is 77.6 cm³/mol. The molecule has 1 aromatic heterocycles. The van der Waals surface area contributed by atoms with Crippen molar-refractivity contribution in [2.24, 2.45) is 0 Å². The maximum atomic E-state index is 12.7. The number of furan rings is 1. The zero-order valence-electron chi connectivity index (χ0n) is 12.6. The van der Waals surface area contributed by atoms with Crippen LogP contribution in [0.3, 0.4) is 0 Å². The minimum atomic E-state index is -6.02. The third-order valence-electron chi connectivity index (χ3n) is 2.85. The number of rotatable bonds is 7. The van der Waals surface area contributed by atoms with Crippen molar-refractivity contribution >= 4 is 16.4 Å². The minimum absolute atomic E-state index is 0.0674. The molecule has 0 N–H and O–H groups in total. The molecule has 0 amide bonds. The summed E-state index contributed by atoms with van der Waals surface area (Å²) in [5, 5.41) is 0. The number of alkyl halides is 3. The number of hydrogen-bond acceptors (Lipinski definition) is 7. The van der Waals surface area contributed by atoms with Crippen molar-refractivity contribution in [1.82, 2.24) is 0 Å². The summed E-state index contributed by atoms with van der Waals surface area (Å²) in [6.45, 7) is -0.292. The lowest BCUT2D eigenvalue weighted by Gasteiger charge is -2.16. The van der Waals surface area contributed by atoms with Crippen LogP contribution < -0.4 is 8.92 Å². The van der Waals surface area contributed by atoms with E-state index < -0.39 is 26.9 Å². The number of hydrogen-bond donors (Lipinski definition) is 0. The summed E-state index contributed by atoms with van der Waals surface area (Å²) in [4.78, 5) is 11.2. The largest absolute Gasteiger partial charge is 0.534 e. The van der Waals surface area contributed by atoms with Crippen LogP contribution in [0.25, 0.3) is 11.3 Å². The zero-order valence-corrected chi connectivity index (χ0v) is 13.4. The number of methoxy groups -OCH3 is 1. The van der Waals surface area contributed by atoms with Crippen LogP contribution in [0, 0.1) is 0 Å². The standard InChI is InChI=1S/C14H11F3O7S/c1-21-8-23-11-5-4-9(7-18)13(12(11)10-3-2-6-22-10)24-25(19,20)14(15,16)17/h2-7H,8H2,1H3. The average molecular weight is 380 g/mol. The van der Waals surface area contributed by atoms with E-state index in [0.29, 0.717) is 0 Å². The number of carbonyl (C=O) groups excluding carboxylic acids is 1. The normalized spacial score (nSPS) is 12.0. The molecule has 2 aromatic rings. The van der Waals surface area contributed by atoms with E-state index in [4.69, 9.17) is 13.9 Å². The number of carbonyl (C=O) groups is 1. The van der Waals surface area contributed by atoms with Crippen molar-refractivity contribution in [1.29, 1.82) is 0 Å². The summed E-state index contributed by atoms with van der Waals surface area (Å²) in [5.74, 6) is -1.03. The van der Waals surface area contributed by atoms with Gasteiger partial charge in [0.1, 0.15) is 17.1 Å². The van der Waals surface area contributed by atoms with Gasteiger partial charge in [0, 0.05) is 7.11 Å². The molecular weight excluding hydrogens is 369 g/mol. The highest BCUT2D eigenvalue weighted by Crippen LogP contribution is 2.42. The third kappa shape index (κ3) is 3.94. The summed E-state index contributed by atoms with van der Waals surface area (Å²) in [5.41, 5.74) is -6.40. The fraction of sp³-hybridized carbons (Fsp3) is 0.214. The molecule has 0 bridgehead atoms. The first-order valence-electron chi connectivity index (χ1n) is 6.50. The molecule has 1 aromatic carbocycles. The minimum Gasteiger partial charge on any atom is -0.467 e. The fourth-order valence-corrected chi connectivity index (χ4v) is 2.31. The second-order valence-electron chi connectivity index (χ2n) is 4.49. The Labute approximate surface area is 140 Å².